The molecule has 0 amide bonds. The van der Waals surface area contributed by atoms with Gasteiger partial charge in [-0.25, -0.2) is 0 Å². The van der Waals surface area contributed by atoms with Gasteiger partial charge >= 0.3 is 0 Å². The molecule has 0 saturated heterocycles. The molecular formula is C42H26N2. The van der Waals surface area contributed by atoms with Gasteiger partial charge < -0.3 is 9.13 Å². The van der Waals surface area contributed by atoms with E-state index < -0.39 is 24.2 Å². The first-order valence-electron chi connectivity index (χ1n) is 19.4. The lowest BCUT2D eigenvalue weighted by Crippen LogP contribution is -1.98. The summed E-state index contributed by atoms with van der Waals surface area (Å²) in [6.07, 6.45) is 0. The van der Waals surface area contributed by atoms with Crippen LogP contribution in [0.2, 0.25) is 0 Å². The number of rotatable bonds is 2. The molecule has 0 aliphatic carbocycles. The number of nitrogens with zero attached hydrogens (tertiary/aromatic N) is 2. The van der Waals surface area contributed by atoms with Gasteiger partial charge in [0.15, 0.2) is 0 Å². The summed E-state index contributed by atoms with van der Waals surface area (Å²) < 4.78 is 93.7. The molecule has 44 heavy (non-hydrogen) atoms. The van der Waals surface area contributed by atoms with Crippen molar-refractivity contribution in [2.75, 3.05) is 0 Å². The fourth-order valence-electron chi connectivity index (χ4n) is 6.94. The average molecular weight is 569 g/mol. The zero-order valence-corrected chi connectivity index (χ0v) is 23.1. The van der Waals surface area contributed by atoms with Gasteiger partial charge in [-0.1, -0.05) is 121 Å². The van der Waals surface area contributed by atoms with Gasteiger partial charge in [0.05, 0.1) is 35.8 Å². The highest BCUT2D eigenvalue weighted by Gasteiger charge is 2.21. The highest BCUT2D eigenvalue weighted by molar-refractivity contribution is 6.27. The van der Waals surface area contributed by atoms with Crippen molar-refractivity contribution < 1.29 is 13.7 Å². The van der Waals surface area contributed by atoms with Gasteiger partial charge in [0.1, 0.15) is 0 Å². The molecule has 2 nitrogen and oxygen atoms in total. The van der Waals surface area contributed by atoms with Crippen LogP contribution in [0.4, 0.5) is 0 Å². The van der Waals surface area contributed by atoms with Crippen LogP contribution >= 0.6 is 0 Å². The first-order valence-corrected chi connectivity index (χ1v) is 14.4. The average Bonchev–Trinajstić information content (AvgIpc) is 3.75. The lowest BCUT2D eigenvalue weighted by atomic mass is 9.94. The number of hydrogen-bond donors (Lipinski definition) is 0. The molecule has 10 aromatic rings. The molecule has 2 heteroatoms. The second-order valence-corrected chi connectivity index (χ2v) is 11.0. The molecule has 0 saturated carbocycles. The fraction of sp³-hybridized carbons (Fsp3) is 0. The zero-order chi connectivity index (χ0) is 37.5. The van der Waals surface area contributed by atoms with E-state index in [-0.39, 0.29) is 79.9 Å². The highest BCUT2D eigenvalue weighted by atomic mass is 15.0. The molecule has 8 aromatic carbocycles. The summed E-state index contributed by atoms with van der Waals surface area (Å²) in [5, 5.41) is 6.44. The third-order valence-corrected chi connectivity index (χ3v) is 8.74. The first kappa shape index (κ1) is 16.1. The van der Waals surface area contributed by atoms with Crippen LogP contribution in [-0.2, 0) is 0 Å². The molecule has 2 heterocycles. The van der Waals surface area contributed by atoms with Crippen LogP contribution in [0.25, 0.3) is 87.3 Å². The van der Waals surface area contributed by atoms with E-state index in [1.54, 1.807) is 33.4 Å². The molecule has 0 aliphatic heterocycles. The van der Waals surface area contributed by atoms with Crippen LogP contribution in [-0.4, -0.2) is 9.13 Å². The largest absolute Gasteiger partial charge is 0.307 e. The standard InChI is InChI=1S/C42H26N2/c1-2-12-27(13-3-1)43-39-20-10-8-18-34(39)36-24-25-37-35-19-9-11-21-40(35)44(42(37)41(36)43)28-22-23-33-31-16-5-4-14-29(31)30-15-6-7-17-32(30)38(33)26-28/h1-26H/i8D,9D,10D,11D,18D,19D,20D,21D,24D,25D. The molecule has 0 unspecified atom stereocenters. The molecule has 0 fully saturated rings. The van der Waals surface area contributed by atoms with Crippen molar-refractivity contribution in [2.24, 2.45) is 0 Å². The van der Waals surface area contributed by atoms with Gasteiger partial charge in [-0.05, 0) is 68.7 Å². The van der Waals surface area contributed by atoms with Crippen LogP contribution in [0.1, 0.15) is 13.7 Å². The second-order valence-electron chi connectivity index (χ2n) is 11.0. The van der Waals surface area contributed by atoms with Gasteiger partial charge in [0, 0.05) is 32.9 Å². The van der Waals surface area contributed by atoms with E-state index in [0.29, 0.717) is 11.4 Å². The lowest BCUT2D eigenvalue weighted by Gasteiger charge is -2.15. The fourth-order valence-corrected chi connectivity index (χ4v) is 6.94. The Hall–Kier alpha value is -5.86. The Morgan fingerprint density at radius 1 is 0.341 bits per heavy atom. The maximum atomic E-state index is 9.50. The topological polar surface area (TPSA) is 9.86 Å². The van der Waals surface area contributed by atoms with Crippen LogP contribution in [0.5, 0.6) is 0 Å². The van der Waals surface area contributed by atoms with Gasteiger partial charge in [-0.15, -0.1) is 0 Å². The Morgan fingerprint density at radius 2 is 0.795 bits per heavy atom. The van der Waals surface area contributed by atoms with E-state index in [1.807, 2.05) is 54.6 Å². The van der Waals surface area contributed by atoms with E-state index in [2.05, 4.69) is 18.2 Å². The maximum Gasteiger partial charge on any atom is 0.0788 e. The molecule has 10 rings (SSSR count). The number of hydrogen-bond acceptors (Lipinski definition) is 0. The first-order chi connectivity index (χ1) is 26.0. The van der Waals surface area contributed by atoms with Crippen molar-refractivity contribution in [1.29, 1.82) is 0 Å². The van der Waals surface area contributed by atoms with Gasteiger partial charge in [0.2, 0.25) is 0 Å². The predicted octanol–water partition coefficient (Wildman–Crippen LogP) is 11.3. The molecule has 0 atom stereocenters. The van der Waals surface area contributed by atoms with E-state index in [0.717, 1.165) is 32.3 Å². The van der Waals surface area contributed by atoms with Crippen LogP contribution in [0, 0.1) is 0 Å². The second kappa shape index (κ2) is 8.82. The summed E-state index contributed by atoms with van der Waals surface area (Å²) >= 11 is 0. The zero-order valence-electron chi connectivity index (χ0n) is 33.1. The Kier molecular flexibility index (Phi) is 3.23. The molecule has 0 spiro atoms. The van der Waals surface area contributed by atoms with E-state index in [9.17, 15) is 5.48 Å². The third-order valence-electron chi connectivity index (χ3n) is 8.74. The predicted molar refractivity (Wildman–Crippen MR) is 188 cm³/mol. The van der Waals surface area contributed by atoms with Crippen LogP contribution < -0.4 is 0 Å². The number of para-hydroxylation sites is 3. The van der Waals surface area contributed by atoms with E-state index in [4.69, 9.17) is 8.22 Å². The summed E-state index contributed by atoms with van der Waals surface area (Å²) in [6.45, 7) is 0. The Bertz CT molecular complexity index is 3290. The molecule has 2 aromatic heterocycles. The number of benzene rings is 8. The van der Waals surface area contributed by atoms with Crippen LogP contribution in [0.3, 0.4) is 0 Å². The summed E-state index contributed by atoms with van der Waals surface area (Å²) in [4.78, 5) is 0. The molecule has 204 valence electrons. The van der Waals surface area contributed by atoms with Crippen molar-refractivity contribution in [2.45, 2.75) is 0 Å². The summed E-state index contributed by atoms with van der Waals surface area (Å²) in [5.41, 5.74) is 1.88. The van der Waals surface area contributed by atoms with E-state index >= 15 is 0 Å². The summed E-state index contributed by atoms with van der Waals surface area (Å²) in [5.74, 6) is 0. The number of aromatic nitrogens is 2. The van der Waals surface area contributed by atoms with E-state index in [1.165, 1.54) is 0 Å². The van der Waals surface area contributed by atoms with Gasteiger partial charge in [0.25, 0.3) is 0 Å². The van der Waals surface area contributed by atoms with Crippen molar-refractivity contribution in [3.63, 3.8) is 0 Å². The lowest BCUT2D eigenvalue weighted by molar-refractivity contribution is 1.15. The molecule has 0 bridgehead atoms. The number of fused-ring (bicyclic) bond motifs is 13. The Labute approximate surface area is 267 Å². The molecule has 0 N–H and O–H groups in total. The monoisotopic (exact) mass is 568 g/mol. The summed E-state index contributed by atoms with van der Waals surface area (Å²) in [6, 6.07) is 27.3. The normalized spacial score (nSPS) is 15.3. The molecular weight excluding hydrogens is 532 g/mol. The van der Waals surface area contributed by atoms with Crippen molar-refractivity contribution >= 4 is 75.9 Å². The van der Waals surface area contributed by atoms with Crippen molar-refractivity contribution in [1.82, 2.24) is 9.13 Å². The maximum absolute atomic E-state index is 9.50. The Balaban J connectivity index is 1.54. The van der Waals surface area contributed by atoms with Crippen molar-refractivity contribution in [3.05, 3.63) is 157 Å². The van der Waals surface area contributed by atoms with Gasteiger partial charge in [-0.3, -0.25) is 0 Å². The summed E-state index contributed by atoms with van der Waals surface area (Å²) in [7, 11) is 0. The smallest absolute Gasteiger partial charge is 0.0788 e. The minimum atomic E-state index is -0.475. The van der Waals surface area contributed by atoms with Crippen LogP contribution in [0.15, 0.2) is 157 Å². The minimum Gasteiger partial charge on any atom is -0.307 e. The molecule has 0 aliphatic rings. The highest BCUT2D eigenvalue weighted by Crippen LogP contribution is 2.43. The quantitative estimate of drug-likeness (QED) is 0.184. The van der Waals surface area contributed by atoms with Gasteiger partial charge in [-0.2, -0.15) is 0 Å². The van der Waals surface area contributed by atoms with Crippen molar-refractivity contribution in [3.8, 4) is 11.4 Å². The third kappa shape index (κ3) is 3.09. The Morgan fingerprint density at radius 3 is 1.36 bits per heavy atom. The minimum absolute atomic E-state index is 0.0734. The SMILES string of the molecule is [2H]c1c([2H])c([2H])c2c(c1[2H])c1c([2H])c([2H])c3c4c([2H])c([2H])c([2H])c([2H])c4n(-c4ccc5c6ccccc6c6ccccc6c5c4)c3c1n2-c1ccccc1. The molecule has 0 radical (unpaired) electrons.